The van der Waals surface area contributed by atoms with Crippen molar-refractivity contribution in [1.82, 2.24) is 24.7 Å². The summed E-state index contributed by atoms with van der Waals surface area (Å²) in [4.78, 5) is 35.7. The number of pyridine rings is 1. The molecule has 1 aliphatic rings. The molecule has 3 aromatic heterocycles. The van der Waals surface area contributed by atoms with E-state index in [9.17, 15) is 9.59 Å². The van der Waals surface area contributed by atoms with Gasteiger partial charge in [0, 0.05) is 6.92 Å². The zero-order valence-corrected chi connectivity index (χ0v) is 15.5. The summed E-state index contributed by atoms with van der Waals surface area (Å²) in [5.41, 5.74) is 2.83. The Labute approximate surface area is 156 Å². The van der Waals surface area contributed by atoms with Crippen molar-refractivity contribution in [2.45, 2.75) is 52.0 Å². The number of hydrogen-bond donors (Lipinski definition) is 2. The highest BCUT2D eigenvalue weighted by Gasteiger charge is 2.22. The molecule has 1 fully saturated rings. The molecule has 0 saturated heterocycles. The van der Waals surface area contributed by atoms with Crippen LogP contribution < -0.4 is 10.9 Å². The summed E-state index contributed by atoms with van der Waals surface area (Å²) in [6.45, 7) is 3.32. The Bertz CT molecular complexity index is 1040. The van der Waals surface area contributed by atoms with E-state index in [1.807, 2.05) is 11.6 Å². The molecule has 140 valence electrons. The lowest BCUT2D eigenvalue weighted by Gasteiger charge is -2.22. The van der Waals surface area contributed by atoms with Crippen molar-refractivity contribution < 1.29 is 4.79 Å². The van der Waals surface area contributed by atoms with E-state index in [4.69, 9.17) is 0 Å². The van der Waals surface area contributed by atoms with Crippen LogP contribution in [0.15, 0.2) is 23.1 Å². The third-order valence-electron chi connectivity index (χ3n) is 4.97. The van der Waals surface area contributed by atoms with E-state index < -0.39 is 0 Å². The number of H-pyrrole nitrogens is 1. The topological polar surface area (TPSA) is 106 Å². The van der Waals surface area contributed by atoms with Gasteiger partial charge >= 0.3 is 0 Å². The molecule has 4 rings (SSSR count). The highest BCUT2D eigenvalue weighted by molar-refractivity contribution is 5.88. The minimum absolute atomic E-state index is 0.164. The van der Waals surface area contributed by atoms with Gasteiger partial charge in [-0.2, -0.15) is 5.10 Å². The molecular formula is C19H22N6O2. The molecule has 1 amide bonds. The molecule has 0 aromatic carbocycles. The lowest BCUT2D eigenvalue weighted by Crippen LogP contribution is -2.19. The van der Waals surface area contributed by atoms with E-state index in [1.54, 1.807) is 18.3 Å². The SMILES string of the molecule is CC(=O)Nc1ccc(-c2nc3c(C)nn(C4CCCCC4)c3c(=O)[nH]2)nc1. The van der Waals surface area contributed by atoms with Crippen molar-refractivity contribution >= 4 is 22.6 Å². The van der Waals surface area contributed by atoms with Crippen LogP contribution >= 0.6 is 0 Å². The van der Waals surface area contributed by atoms with E-state index in [0.717, 1.165) is 18.5 Å². The quantitative estimate of drug-likeness (QED) is 0.741. The Morgan fingerprint density at radius 2 is 2.04 bits per heavy atom. The molecule has 3 aromatic rings. The summed E-state index contributed by atoms with van der Waals surface area (Å²) in [6.07, 6.45) is 7.21. The predicted molar refractivity (Wildman–Crippen MR) is 103 cm³/mol. The number of nitrogens with one attached hydrogen (secondary N) is 2. The van der Waals surface area contributed by atoms with E-state index in [1.165, 1.54) is 26.2 Å². The van der Waals surface area contributed by atoms with Crippen molar-refractivity contribution in [2.75, 3.05) is 5.32 Å². The van der Waals surface area contributed by atoms with Crippen LogP contribution in [0.3, 0.4) is 0 Å². The number of aromatic nitrogens is 5. The number of amides is 1. The molecule has 0 radical (unpaired) electrons. The Kier molecular flexibility index (Phi) is 4.47. The normalized spacial score (nSPS) is 15.2. The van der Waals surface area contributed by atoms with Gasteiger partial charge in [-0.1, -0.05) is 19.3 Å². The fourth-order valence-electron chi connectivity index (χ4n) is 3.71. The lowest BCUT2D eigenvalue weighted by molar-refractivity contribution is -0.114. The minimum atomic E-state index is -0.200. The standard InChI is InChI=1S/C19H22N6O2/c1-11-16-17(25(24-11)14-6-4-3-5-7-14)19(27)23-18(22-16)15-9-8-13(10-20-15)21-12(2)26/h8-10,14H,3-7H2,1-2H3,(H,21,26)(H,22,23,27). The van der Waals surface area contributed by atoms with Crippen LogP contribution in [-0.2, 0) is 4.79 Å². The first-order valence-corrected chi connectivity index (χ1v) is 9.26. The molecular weight excluding hydrogens is 344 g/mol. The van der Waals surface area contributed by atoms with Gasteiger partial charge in [-0.25, -0.2) is 4.98 Å². The second kappa shape index (κ2) is 6.94. The van der Waals surface area contributed by atoms with Gasteiger partial charge in [0.05, 0.1) is 23.6 Å². The van der Waals surface area contributed by atoms with Gasteiger partial charge in [0.25, 0.3) is 5.56 Å². The zero-order valence-electron chi connectivity index (χ0n) is 15.5. The molecule has 0 spiro atoms. The molecule has 27 heavy (non-hydrogen) atoms. The molecule has 8 heteroatoms. The summed E-state index contributed by atoms with van der Waals surface area (Å²) < 4.78 is 1.87. The first-order chi connectivity index (χ1) is 13.0. The number of anilines is 1. The first-order valence-electron chi connectivity index (χ1n) is 9.26. The fourth-order valence-corrected chi connectivity index (χ4v) is 3.71. The zero-order chi connectivity index (χ0) is 19.0. The van der Waals surface area contributed by atoms with E-state index in [0.29, 0.717) is 28.2 Å². The van der Waals surface area contributed by atoms with Gasteiger partial charge in [0.1, 0.15) is 11.2 Å². The van der Waals surface area contributed by atoms with Crippen molar-refractivity contribution in [1.29, 1.82) is 0 Å². The number of carbonyl (C=O) groups is 1. The monoisotopic (exact) mass is 366 g/mol. The second-order valence-corrected chi connectivity index (χ2v) is 7.05. The van der Waals surface area contributed by atoms with Gasteiger partial charge in [0.2, 0.25) is 5.91 Å². The molecule has 0 atom stereocenters. The average molecular weight is 366 g/mol. The van der Waals surface area contributed by atoms with Crippen LogP contribution in [0.2, 0.25) is 0 Å². The molecule has 2 N–H and O–H groups in total. The first kappa shape index (κ1) is 17.4. The number of hydrogen-bond acceptors (Lipinski definition) is 5. The molecule has 0 aliphatic heterocycles. The number of carbonyl (C=O) groups excluding carboxylic acids is 1. The summed E-state index contributed by atoms with van der Waals surface area (Å²) >= 11 is 0. The average Bonchev–Trinajstić information content (AvgIpc) is 3.00. The number of aryl methyl sites for hydroxylation is 1. The van der Waals surface area contributed by atoms with Crippen molar-refractivity contribution in [3.63, 3.8) is 0 Å². The van der Waals surface area contributed by atoms with Crippen molar-refractivity contribution in [3.8, 4) is 11.5 Å². The van der Waals surface area contributed by atoms with Crippen LogP contribution in [0.5, 0.6) is 0 Å². The number of rotatable bonds is 3. The van der Waals surface area contributed by atoms with Crippen LogP contribution in [-0.4, -0.2) is 30.6 Å². The lowest BCUT2D eigenvalue weighted by atomic mass is 9.95. The third-order valence-corrected chi connectivity index (χ3v) is 4.97. The predicted octanol–water partition coefficient (Wildman–Crippen LogP) is 2.95. The molecule has 0 unspecified atom stereocenters. The van der Waals surface area contributed by atoms with Crippen LogP contribution in [0.25, 0.3) is 22.6 Å². The highest BCUT2D eigenvalue weighted by atomic mass is 16.1. The maximum atomic E-state index is 12.8. The van der Waals surface area contributed by atoms with Crippen LogP contribution in [0, 0.1) is 6.92 Å². The summed E-state index contributed by atoms with van der Waals surface area (Å²) in [5, 5.41) is 7.29. The van der Waals surface area contributed by atoms with E-state index in [2.05, 4.69) is 25.4 Å². The summed E-state index contributed by atoms with van der Waals surface area (Å²) in [6, 6.07) is 3.71. The van der Waals surface area contributed by atoms with Crippen molar-refractivity contribution in [3.05, 3.63) is 34.4 Å². The molecule has 1 saturated carbocycles. The van der Waals surface area contributed by atoms with Crippen molar-refractivity contribution in [2.24, 2.45) is 0 Å². The Hall–Kier alpha value is -3.03. The number of fused-ring (bicyclic) bond motifs is 1. The molecule has 1 aliphatic carbocycles. The van der Waals surface area contributed by atoms with Gasteiger partial charge in [-0.05, 0) is 31.9 Å². The molecule has 0 bridgehead atoms. The summed E-state index contributed by atoms with van der Waals surface area (Å²) in [7, 11) is 0. The van der Waals surface area contributed by atoms with Crippen LogP contribution in [0.1, 0.15) is 50.8 Å². The van der Waals surface area contributed by atoms with E-state index in [-0.39, 0.29) is 17.5 Å². The fraction of sp³-hybridized carbons (Fsp3) is 0.421. The van der Waals surface area contributed by atoms with Gasteiger partial charge in [-0.15, -0.1) is 0 Å². The van der Waals surface area contributed by atoms with Crippen LogP contribution in [0.4, 0.5) is 5.69 Å². The smallest absolute Gasteiger partial charge is 0.277 e. The second-order valence-electron chi connectivity index (χ2n) is 7.05. The maximum absolute atomic E-state index is 12.8. The largest absolute Gasteiger partial charge is 0.325 e. The minimum Gasteiger partial charge on any atom is -0.325 e. The van der Waals surface area contributed by atoms with Gasteiger partial charge in [0.15, 0.2) is 11.3 Å². The Morgan fingerprint density at radius 1 is 1.26 bits per heavy atom. The van der Waals surface area contributed by atoms with Gasteiger partial charge < -0.3 is 10.3 Å². The highest BCUT2D eigenvalue weighted by Crippen LogP contribution is 2.30. The Morgan fingerprint density at radius 3 is 2.70 bits per heavy atom. The third kappa shape index (κ3) is 3.34. The maximum Gasteiger partial charge on any atom is 0.277 e. The van der Waals surface area contributed by atoms with E-state index >= 15 is 0 Å². The Balaban J connectivity index is 1.75. The number of aromatic amines is 1. The summed E-state index contributed by atoms with van der Waals surface area (Å²) in [5.74, 6) is 0.233. The number of nitrogens with zero attached hydrogens (tertiary/aromatic N) is 4. The molecule has 8 nitrogen and oxygen atoms in total. The molecule has 3 heterocycles. The van der Waals surface area contributed by atoms with Gasteiger partial charge in [-0.3, -0.25) is 19.3 Å².